The lowest BCUT2D eigenvalue weighted by Gasteiger charge is -2.43. The van der Waals surface area contributed by atoms with E-state index in [-0.39, 0.29) is 11.9 Å². The van der Waals surface area contributed by atoms with E-state index in [0.29, 0.717) is 38.4 Å². The van der Waals surface area contributed by atoms with Gasteiger partial charge < -0.3 is 9.80 Å². The maximum atomic E-state index is 12.6. The van der Waals surface area contributed by atoms with Crippen molar-refractivity contribution in [3.05, 3.63) is 17.6 Å². The summed E-state index contributed by atoms with van der Waals surface area (Å²) >= 11 is 0. The maximum absolute atomic E-state index is 12.6. The van der Waals surface area contributed by atoms with Crippen LogP contribution in [0.4, 0.5) is 10.6 Å². The van der Waals surface area contributed by atoms with E-state index in [1.165, 1.54) is 0 Å². The number of piperidine rings is 1. The summed E-state index contributed by atoms with van der Waals surface area (Å²) in [5.41, 5.74) is 0.264. The zero-order valence-corrected chi connectivity index (χ0v) is 16.2. The van der Waals surface area contributed by atoms with E-state index in [1.807, 2.05) is 13.0 Å². The van der Waals surface area contributed by atoms with Gasteiger partial charge in [0.1, 0.15) is 17.2 Å². The van der Waals surface area contributed by atoms with Crippen LogP contribution in [0.2, 0.25) is 0 Å². The summed E-state index contributed by atoms with van der Waals surface area (Å²) in [6.07, 6.45) is 3.14. The van der Waals surface area contributed by atoms with Crippen LogP contribution in [-0.2, 0) is 11.2 Å². The minimum atomic E-state index is -0.702. The molecule has 0 radical (unpaired) electrons. The lowest BCUT2D eigenvalue weighted by molar-refractivity contribution is -0.127. The van der Waals surface area contributed by atoms with Crippen LogP contribution in [0.5, 0.6) is 0 Å². The first-order valence-corrected chi connectivity index (χ1v) is 9.58. The first-order chi connectivity index (χ1) is 12.4. The Hall–Kier alpha value is -2.18. The van der Waals surface area contributed by atoms with E-state index < -0.39 is 5.54 Å². The van der Waals surface area contributed by atoms with E-state index in [1.54, 1.807) is 4.90 Å². The van der Waals surface area contributed by atoms with E-state index in [9.17, 15) is 9.59 Å². The number of aryl methyl sites for hydroxylation is 2. The normalized spacial score (nSPS) is 19.6. The Bertz CT molecular complexity index is 695. The van der Waals surface area contributed by atoms with Gasteiger partial charge in [-0.15, -0.1) is 0 Å². The minimum Gasteiger partial charge on any atom is -0.356 e. The minimum absolute atomic E-state index is 0.145. The van der Waals surface area contributed by atoms with E-state index in [4.69, 9.17) is 4.98 Å². The summed E-state index contributed by atoms with van der Waals surface area (Å²) in [6.45, 7) is 10.3. The van der Waals surface area contributed by atoms with Crippen molar-refractivity contribution < 1.29 is 9.59 Å². The number of anilines is 1. The Morgan fingerprint density at radius 1 is 1.23 bits per heavy atom. The van der Waals surface area contributed by atoms with Gasteiger partial charge in [-0.1, -0.05) is 20.8 Å². The van der Waals surface area contributed by atoms with Crippen LogP contribution in [0.15, 0.2) is 6.07 Å². The summed E-state index contributed by atoms with van der Waals surface area (Å²) in [7, 11) is 0. The average Bonchev–Trinajstić information content (AvgIpc) is 2.79. The quantitative estimate of drug-likeness (QED) is 0.816. The molecule has 1 N–H and O–H groups in total. The summed E-state index contributed by atoms with van der Waals surface area (Å²) in [6, 6.07) is 1.75. The first kappa shape index (κ1) is 18.6. The molecule has 0 bridgehead atoms. The highest BCUT2D eigenvalue weighted by molar-refractivity contribution is 6.07. The smallest absolute Gasteiger partial charge is 0.325 e. The number of carbonyl (C=O) groups is 2. The second kappa shape index (κ2) is 7.21. The monoisotopic (exact) mass is 359 g/mol. The number of urea groups is 1. The molecule has 1 aromatic heterocycles. The lowest BCUT2D eigenvalue weighted by Crippen LogP contribution is -2.57. The Morgan fingerprint density at radius 2 is 1.92 bits per heavy atom. The molecule has 0 atom stereocenters. The number of rotatable bonds is 5. The molecule has 3 rings (SSSR count). The van der Waals surface area contributed by atoms with Gasteiger partial charge in [0, 0.05) is 37.8 Å². The maximum Gasteiger partial charge on any atom is 0.325 e. The molecule has 7 nitrogen and oxygen atoms in total. The Morgan fingerprint density at radius 3 is 2.54 bits per heavy atom. The SMILES string of the molecule is CCCc1nc(C)cc(N2CCC3(CC2)C(=O)NC(=O)N3CC(C)C)n1. The fourth-order valence-electron chi connectivity index (χ4n) is 3.93. The molecular formula is C19H29N5O2. The fourth-order valence-corrected chi connectivity index (χ4v) is 3.93. The molecule has 2 saturated heterocycles. The molecule has 1 aromatic rings. The van der Waals surface area contributed by atoms with Gasteiger partial charge >= 0.3 is 6.03 Å². The molecule has 2 aliphatic rings. The number of nitrogens with zero attached hydrogens (tertiary/aromatic N) is 4. The van der Waals surface area contributed by atoms with Crippen LogP contribution in [-0.4, -0.2) is 52.0 Å². The third-order valence-corrected chi connectivity index (χ3v) is 5.23. The van der Waals surface area contributed by atoms with Gasteiger partial charge in [0.05, 0.1) is 0 Å². The average molecular weight is 359 g/mol. The molecule has 0 aliphatic carbocycles. The van der Waals surface area contributed by atoms with Crippen LogP contribution in [0.1, 0.15) is 51.6 Å². The van der Waals surface area contributed by atoms with Gasteiger partial charge in [-0.05, 0) is 32.1 Å². The molecule has 3 amide bonds. The van der Waals surface area contributed by atoms with Gasteiger partial charge in [-0.2, -0.15) is 0 Å². The molecule has 0 unspecified atom stereocenters. The molecule has 0 saturated carbocycles. The molecule has 7 heteroatoms. The van der Waals surface area contributed by atoms with E-state index in [0.717, 1.165) is 30.2 Å². The van der Waals surface area contributed by atoms with Crippen LogP contribution >= 0.6 is 0 Å². The zero-order valence-electron chi connectivity index (χ0n) is 16.2. The number of amides is 3. The van der Waals surface area contributed by atoms with Crippen LogP contribution in [0, 0.1) is 12.8 Å². The van der Waals surface area contributed by atoms with Gasteiger partial charge in [-0.3, -0.25) is 10.1 Å². The Kier molecular flexibility index (Phi) is 5.16. The predicted molar refractivity (Wildman–Crippen MR) is 100 cm³/mol. The molecular weight excluding hydrogens is 330 g/mol. The van der Waals surface area contributed by atoms with Crippen LogP contribution in [0.3, 0.4) is 0 Å². The van der Waals surface area contributed by atoms with Gasteiger partial charge in [-0.25, -0.2) is 14.8 Å². The van der Waals surface area contributed by atoms with Crippen molar-refractivity contribution in [2.75, 3.05) is 24.5 Å². The summed E-state index contributed by atoms with van der Waals surface area (Å²) < 4.78 is 0. The van der Waals surface area contributed by atoms with E-state index >= 15 is 0 Å². The third kappa shape index (κ3) is 3.39. The number of hydrogen-bond donors (Lipinski definition) is 1. The van der Waals surface area contributed by atoms with Gasteiger partial charge in [0.25, 0.3) is 5.91 Å². The van der Waals surface area contributed by atoms with Crippen molar-refractivity contribution in [2.45, 2.75) is 58.9 Å². The molecule has 26 heavy (non-hydrogen) atoms. The standard InChI is InChI=1S/C19H29N5O2/c1-5-6-15-20-14(4)11-16(21-15)23-9-7-19(8-10-23)17(25)22-18(26)24(19)12-13(2)3/h11,13H,5-10,12H2,1-4H3,(H,22,25,26). The highest BCUT2D eigenvalue weighted by atomic mass is 16.2. The molecule has 3 heterocycles. The van der Waals surface area contributed by atoms with Crippen molar-refractivity contribution in [1.82, 2.24) is 20.2 Å². The Labute approximate surface area is 155 Å². The van der Waals surface area contributed by atoms with Gasteiger partial charge in [0.15, 0.2) is 0 Å². The number of aromatic nitrogens is 2. The Balaban J connectivity index is 1.78. The summed E-state index contributed by atoms with van der Waals surface area (Å²) in [5.74, 6) is 1.98. The predicted octanol–water partition coefficient (Wildman–Crippen LogP) is 2.28. The number of hydrogen-bond acceptors (Lipinski definition) is 5. The van der Waals surface area contributed by atoms with Crippen molar-refractivity contribution in [1.29, 1.82) is 0 Å². The molecule has 2 aliphatic heterocycles. The topological polar surface area (TPSA) is 78.4 Å². The highest BCUT2D eigenvalue weighted by Gasteiger charge is 2.54. The number of nitrogens with one attached hydrogen (secondary N) is 1. The fraction of sp³-hybridized carbons (Fsp3) is 0.684. The first-order valence-electron chi connectivity index (χ1n) is 9.58. The highest BCUT2D eigenvalue weighted by Crippen LogP contribution is 2.35. The van der Waals surface area contributed by atoms with Crippen molar-refractivity contribution in [3.63, 3.8) is 0 Å². The summed E-state index contributed by atoms with van der Waals surface area (Å²) in [4.78, 5) is 38.0. The molecule has 142 valence electrons. The molecule has 1 spiro atoms. The second-order valence-electron chi connectivity index (χ2n) is 7.82. The lowest BCUT2D eigenvalue weighted by atomic mass is 9.85. The van der Waals surface area contributed by atoms with Crippen molar-refractivity contribution >= 4 is 17.8 Å². The third-order valence-electron chi connectivity index (χ3n) is 5.23. The molecule has 0 aromatic carbocycles. The largest absolute Gasteiger partial charge is 0.356 e. The molecule has 2 fully saturated rings. The van der Waals surface area contributed by atoms with Gasteiger partial charge in [0.2, 0.25) is 0 Å². The second-order valence-corrected chi connectivity index (χ2v) is 7.82. The zero-order chi connectivity index (χ0) is 18.9. The van der Waals surface area contributed by atoms with Crippen molar-refractivity contribution in [3.8, 4) is 0 Å². The number of imide groups is 1. The summed E-state index contributed by atoms with van der Waals surface area (Å²) in [5, 5.41) is 2.53. The number of carbonyl (C=O) groups excluding carboxylic acids is 2. The van der Waals surface area contributed by atoms with Crippen LogP contribution in [0.25, 0.3) is 0 Å². The van der Waals surface area contributed by atoms with Crippen LogP contribution < -0.4 is 10.2 Å². The van der Waals surface area contributed by atoms with Crippen molar-refractivity contribution in [2.24, 2.45) is 5.92 Å². The van der Waals surface area contributed by atoms with E-state index in [2.05, 4.69) is 36.0 Å².